The minimum atomic E-state index is -0.0896. The van der Waals surface area contributed by atoms with Crippen molar-refractivity contribution in [2.24, 2.45) is 5.90 Å². The number of nitrogens with one attached hydrogen (secondary N) is 2. The monoisotopic (exact) mass is 464 g/mol. The molecule has 0 spiro atoms. The second-order valence-electron chi connectivity index (χ2n) is 7.60. The molecule has 0 aliphatic carbocycles. The number of fused-ring (bicyclic) bond motifs is 1. The molecule has 1 saturated heterocycles. The van der Waals surface area contributed by atoms with E-state index in [0.29, 0.717) is 29.7 Å². The Balaban J connectivity index is 1.59. The summed E-state index contributed by atoms with van der Waals surface area (Å²) in [4.78, 5) is 22.9. The van der Waals surface area contributed by atoms with Gasteiger partial charge in [0.2, 0.25) is 0 Å². The number of amides is 1. The van der Waals surface area contributed by atoms with Crippen LogP contribution in [0.15, 0.2) is 47.9 Å². The van der Waals surface area contributed by atoms with Crippen LogP contribution < -0.4 is 16.5 Å². The quantitative estimate of drug-likeness (QED) is 0.550. The fourth-order valence-electron chi connectivity index (χ4n) is 4.05. The van der Waals surface area contributed by atoms with Gasteiger partial charge in [0.05, 0.1) is 22.1 Å². The lowest BCUT2D eigenvalue weighted by molar-refractivity contribution is -0.138. The summed E-state index contributed by atoms with van der Waals surface area (Å²) in [5.41, 5.74) is 4.05. The SMILES string of the molecule is CNC1=CN2C(CN3CCN(C(=O)CON)CC3)=C(c3ccc(Cl)cc3Cl)NC2C=C1. The van der Waals surface area contributed by atoms with Crippen LogP contribution in [0.3, 0.4) is 0 Å². The molecule has 0 radical (unpaired) electrons. The van der Waals surface area contributed by atoms with Gasteiger partial charge in [0.25, 0.3) is 5.91 Å². The van der Waals surface area contributed by atoms with E-state index in [1.54, 1.807) is 11.0 Å². The van der Waals surface area contributed by atoms with E-state index in [9.17, 15) is 4.79 Å². The number of hydrogen-bond acceptors (Lipinski definition) is 7. The van der Waals surface area contributed by atoms with Crippen LogP contribution in [0.5, 0.6) is 0 Å². The van der Waals surface area contributed by atoms with Crippen molar-refractivity contribution < 1.29 is 9.63 Å². The van der Waals surface area contributed by atoms with Gasteiger partial charge in [-0.1, -0.05) is 23.2 Å². The summed E-state index contributed by atoms with van der Waals surface area (Å²) in [5, 5.41) is 8.00. The minimum absolute atomic E-state index is 0.0124. The van der Waals surface area contributed by atoms with Gasteiger partial charge >= 0.3 is 0 Å². The van der Waals surface area contributed by atoms with Crippen LogP contribution in [0, 0.1) is 0 Å². The maximum absolute atomic E-state index is 12.0. The molecule has 8 nitrogen and oxygen atoms in total. The second kappa shape index (κ2) is 9.50. The Morgan fingerprint density at radius 1 is 1.29 bits per heavy atom. The smallest absolute Gasteiger partial charge is 0.250 e. The fraction of sp³-hybridized carbons (Fsp3) is 0.381. The predicted octanol–water partition coefficient (Wildman–Crippen LogP) is 1.56. The van der Waals surface area contributed by atoms with Crippen LogP contribution in [-0.4, -0.2) is 73.2 Å². The average Bonchev–Trinajstić information content (AvgIpc) is 3.11. The summed E-state index contributed by atoms with van der Waals surface area (Å²) < 4.78 is 0. The summed E-state index contributed by atoms with van der Waals surface area (Å²) in [6, 6.07) is 5.55. The highest BCUT2D eigenvalue weighted by Gasteiger charge is 2.33. The van der Waals surface area contributed by atoms with Gasteiger partial charge in [0.15, 0.2) is 0 Å². The highest BCUT2D eigenvalue weighted by molar-refractivity contribution is 6.35. The first-order valence-electron chi connectivity index (χ1n) is 10.1. The van der Waals surface area contributed by atoms with Crippen molar-refractivity contribution >= 4 is 34.8 Å². The zero-order valence-corrected chi connectivity index (χ0v) is 18.8. The van der Waals surface area contributed by atoms with E-state index < -0.39 is 0 Å². The van der Waals surface area contributed by atoms with Gasteiger partial charge in [-0.05, 0) is 30.4 Å². The Morgan fingerprint density at radius 3 is 2.74 bits per heavy atom. The molecule has 1 aromatic carbocycles. The Labute approximate surface area is 191 Å². The Morgan fingerprint density at radius 2 is 2.06 bits per heavy atom. The zero-order valence-electron chi connectivity index (χ0n) is 17.3. The molecule has 3 aliphatic heterocycles. The summed E-state index contributed by atoms with van der Waals surface area (Å²) in [5.74, 6) is 4.95. The van der Waals surface area contributed by atoms with E-state index in [-0.39, 0.29) is 18.7 Å². The van der Waals surface area contributed by atoms with Crippen molar-refractivity contribution in [3.63, 3.8) is 0 Å². The van der Waals surface area contributed by atoms with Crippen LogP contribution in [0.4, 0.5) is 0 Å². The molecule has 1 atom stereocenters. The standard InChI is InChI=1S/C21H26Cl2N6O2/c1-25-15-3-5-19-26-21(16-4-2-14(22)10-17(16)23)18(29(19)11-15)12-27-6-8-28(9-7-27)20(30)13-31-24/h2-5,10-11,19,25-26H,6-9,12-13,24H2,1H3. The summed E-state index contributed by atoms with van der Waals surface area (Å²) >= 11 is 12.7. The molecule has 166 valence electrons. The zero-order chi connectivity index (χ0) is 22.0. The van der Waals surface area contributed by atoms with Gasteiger partial charge in [0, 0.05) is 56.6 Å². The highest BCUT2D eigenvalue weighted by Crippen LogP contribution is 2.35. The number of nitrogens with zero attached hydrogens (tertiary/aromatic N) is 3. The van der Waals surface area contributed by atoms with Crippen molar-refractivity contribution in [3.05, 3.63) is 63.6 Å². The van der Waals surface area contributed by atoms with Crippen molar-refractivity contribution in [1.29, 1.82) is 0 Å². The number of benzene rings is 1. The third-order valence-corrected chi connectivity index (χ3v) is 6.27. The first-order chi connectivity index (χ1) is 15.0. The molecular weight excluding hydrogens is 439 g/mol. The molecule has 4 N–H and O–H groups in total. The fourth-order valence-corrected chi connectivity index (χ4v) is 4.55. The molecule has 31 heavy (non-hydrogen) atoms. The Kier molecular flexibility index (Phi) is 6.74. The Hall–Kier alpha value is -2.23. The lowest BCUT2D eigenvalue weighted by Gasteiger charge is -2.36. The normalized spacial score (nSPS) is 21.2. The van der Waals surface area contributed by atoms with Crippen LogP contribution in [0.2, 0.25) is 10.0 Å². The van der Waals surface area contributed by atoms with Crippen molar-refractivity contribution in [2.45, 2.75) is 6.17 Å². The third-order valence-electron chi connectivity index (χ3n) is 5.72. The van der Waals surface area contributed by atoms with Gasteiger partial charge in [0.1, 0.15) is 12.8 Å². The molecule has 3 aliphatic rings. The molecule has 0 bridgehead atoms. The van der Waals surface area contributed by atoms with Gasteiger partial charge in [-0.2, -0.15) is 0 Å². The van der Waals surface area contributed by atoms with Crippen molar-refractivity contribution in [3.8, 4) is 0 Å². The molecule has 3 heterocycles. The second-order valence-corrected chi connectivity index (χ2v) is 8.45. The van der Waals surface area contributed by atoms with E-state index in [0.717, 1.165) is 35.7 Å². The van der Waals surface area contributed by atoms with E-state index >= 15 is 0 Å². The molecule has 1 aromatic rings. The van der Waals surface area contributed by atoms with Gasteiger partial charge in [-0.15, -0.1) is 0 Å². The Bertz CT molecular complexity index is 940. The van der Waals surface area contributed by atoms with Crippen LogP contribution in [-0.2, 0) is 9.63 Å². The minimum Gasteiger partial charge on any atom is -0.387 e. The van der Waals surface area contributed by atoms with Crippen molar-refractivity contribution in [1.82, 2.24) is 25.3 Å². The summed E-state index contributed by atoms with van der Waals surface area (Å²) in [7, 11) is 1.90. The third kappa shape index (κ3) is 4.68. The highest BCUT2D eigenvalue weighted by atomic mass is 35.5. The largest absolute Gasteiger partial charge is 0.387 e. The van der Waals surface area contributed by atoms with Gasteiger partial charge in [-0.3, -0.25) is 14.5 Å². The van der Waals surface area contributed by atoms with Crippen LogP contribution in [0.1, 0.15) is 5.56 Å². The average molecular weight is 465 g/mol. The van der Waals surface area contributed by atoms with Crippen LogP contribution in [0.25, 0.3) is 5.70 Å². The molecule has 10 heteroatoms. The number of rotatable bonds is 6. The lowest BCUT2D eigenvalue weighted by atomic mass is 10.1. The van der Waals surface area contributed by atoms with Gasteiger partial charge in [-0.25, -0.2) is 5.90 Å². The number of carbonyl (C=O) groups excluding carboxylic acids is 1. The number of allylic oxidation sites excluding steroid dienone is 1. The maximum atomic E-state index is 12.0. The summed E-state index contributed by atoms with van der Waals surface area (Å²) in [6.45, 7) is 3.43. The number of halogens is 2. The molecule has 1 fully saturated rings. The first-order valence-corrected chi connectivity index (χ1v) is 10.9. The number of hydrogen-bond donors (Lipinski definition) is 3. The predicted molar refractivity (Wildman–Crippen MR) is 122 cm³/mol. The van der Waals surface area contributed by atoms with E-state index in [1.807, 2.05) is 19.2 Å². The van der Waals surface area contributed by atoms with Gasteiger partial charge < -0.3 is 20.4 Å². The molecule has 1 amide bonds. The van der Waals surface area contributed by atoms with E-state index in [4.69, 9.17) is 29.1 Å². The van der Waals surface area contributed by atoms with Crippen LogP contribution >= 0.6 is 23.2 Å². The number of carbonyl (C=O) groups is 1. The molecular formula is C21H26Cl2N6O2. The molecule has 0 saturated carbocycles. The summed E-state index contributed by atoms with van der Waals surface area (Å²) in [6.07, 6.45) is 6.29. The van der Waals surface area contributed by atoms with E-state index in [2.05, 4.69) is 43.6 Å². The molecule has 4 rings (SSSR count). The van der Waals surface area contributed by atoms with Crippen molar-refractivity contribution in [2.75, 3.05) is 46.4 Å². The first kappa shape index (κ1) is 22.0. The molecule has 0 aromatic heterocycles. The topological polar surface area (TPSA) is 86.1 Å². The molecule has 1 unspecified atom stereocenters. The lowest BCUT2D eigenvalue weighted by Crippen LogP contribution is -2.50. The number of nitrogens with two attached hydrogens (primary N) is 1. The number of piperazine rings is 1. The maximum Gasteiger partial charge on any atom is 0.250 e. The van der Waals surface area contributed by atoms with E-state index in [1.165, 1.54) is 0 Å². The number of likely N-dealkylation sites (N-methyl/N-ethyl adjacent to an activating group) is 1.